The molecule has 1 spiro atoms. The zero-order valence-corrected chi connectivity index (χ0v) is 28.7. The van der Waals surface area contributed by atoms with Gasteiger partial charge in [0.2, 0.25) is 11.8 Å². The zero-order valence-electron chi connectivity index (χ0n) is 28.7. The van der Waals surface area contributed by atoms with Gasteiger partial charge in [0.05, 0.1) is 34.8 Å². The SMILES string of the molecule is CCC(=O)N1CCC2(CC1)C(=O)N(C1CC(N3CCCCC3)C1)c1cc(-c3cc4ncn(C(C)C)c4c(Nc4ccncc4F)n3)ccc12. The van der Waals surface area contributed by atoms with Gasteiger partial charge in [-0.25, -0.2) is 14.4 Å². The van der Waals surface area contributed by atoms with Crippen LogP contribution in [0.1, 0.15) is 83.7 Å². The second-order valence-corrected chi connectivity index (χ2v) is 14.5. The average Bonchev–Trinajstić information content (AvgIpc) is 3.63. The third-order valence-electron chi connectivity index (χ3n) is 11.5. The van der Waals surface area contributed by atoms with Crippen LogP contribution in [0.2, 0.25) is 0 Å². The molecule has 4 aromatic rings. The van der Waals surface area contributed by atoms with Crippen LogP contribution in [-0.4, -0.2) is 79.4 Å². The number of anilines is 3. The van der Waals surface area contributed by atoms with E-state index in [0.29, 0.717) is 49.9 Å². The summed E-state index contributed by atoms with van der Waals surface area (Å²) < 4.78 is 16.8. The van der Waals surface area contributed by atoms with Crippen molar-refractivity contribution < 1.29 is 14.0 Å². The molecule has 10 nitrogen and oxygen atoms in total. The minimum absolute atomic E-state index is 0.117. The monoisotopic (exact) mass is 664 g/mol. The lowest BCUT2D eigenvalue weighted by molar-refractivity contribution is -0.135. The van der Waals surface area contributed by atoms with Crippen molar-refractivity contribution in [2.24, 2.45) is 0 Å². The Morgan fingerprint density at radius 2 is 1.82 bits per heavy atom. The quantitative estimate of drug-likeness (QED) is 0.238. The number of amides is 2. The number of nitrogens with zero attached hydrogens (tertiary/aromatic N) is 7. The molecule has 0 unspecified atom stereocenters. The number of fused-ring (bicyclic) bond motifs is 3. The summed E-state index contributed by atoms with van der Waals surface area (Å²) in [5.41, 5.74) is 4.78. The molecule has 0 bridgehead atoms. The molecule has 1 N–H and O–H groups in total. The molecule has 4 aliphatic rings. The lowest BCUT2D eigenvalue weighted by Gasteiger charge is -2.48. The van der Waals surface area contributed by atoms with Crippen molar-refractivity contribution in [1.82, 2.24) is 29.3 Å². The molecule has 1 aromatic carbocycles. The van der Waals surface area contributed by atoms with E-state index in [1.54, 1.807) is 18.6 Å². The van der Waals surface area contributed by atoms with Gasteiger partial charge in [-0.2, -0.15) is 0 Å². The normalized spacial score (nSPS) is 22.2. The Bertz CT molecular complexity index is 1900. The van der Waals surface area contributed by atoms with Gasteiger partial charge < -0.3 is 24.6 Å². The molecule has 1 saturated carbocycles. The number of likely N-dealkylation sites (tertiary alicyclic amines) is 2. The van der Waals surface area contributed by atoms with Crippen molar-refractivity contribution >= 4 is 40.0 Å². The minimum atomic E-state index is -0.631. The van der Waals surface area contributed by atoms with E-state index in [0.717, 1.165) is 53.8 Å². The van der Waals surface area contributed by atoms with Gasteiger partial charge in [0.15, 0.2) is 11.6 Å². The van der Waals surface area contributed by atoms with Crippen molar-refractivity contribution in [3.63, 3.8) is 0 Å². The fraction of sp³-hybridized carbons (Fsp3) is 0.500. The maximum absolute atomic E-state index is 14.8. The molecule has 0 atom stereocenters. The van der Waals surface area contributed by atoms with Gasteiger partial charge in [0.1, 0.15) is 5.52 Å². The highest BCUT2D eigenvalue weighted by molar-refractivity contribution is 6.09. The van der Waals surface area contributed by atoms with Crippen molar-refractivity contribution in [1.29, 1.82) is 0 Å². The Kier molecular flexibility index (Phi) is 8.13. The fourth-order valence-electron chi connectivity index (χ4n) is 8.60. The van der Waals surface area contributed by atoms with E-state index in [1.807, 2.05) is 22.5 Å². The van der Waals surface area contributed by atoms with Gasteiger partial charge in [0, 0.05) is 55.1 Å². The van der Waals surface area contributed by atoms with Crippen molar-refractivity contribution in [3.05, 3.63) is 60.4 Å². The molecule has 256 valence electrons. The Hall–Kier alpha value is -4.38. The number of rotatable bonds is 7. The largest absolute Gasteiger partial charge is 0.343 e. The van der Waals surface area contributed by atoms with E-state index in [2.05, 4.69) is 52.1 Å². The Morgan fingerprint density at radius 3 is 2.53 bits per heavy atom. The number of halogens is 1. The summed E-state index contributed by atoms with van der Waals surface area (Å²) >= 11 is 0. The van der Waals surface area contributed by atoms with Crippen LogP contribution in [0.25, 0.3) is 22.3 Å². The molecule has 2 amide bonds. The third-order valence-corrected chi connectivity index (χ3v) is 11.5. The lowest BCUT2D eigenvalue weighted by atomic mass is 9.73. The first-order valence-electron chi connectivity index (χ1n) is 18.0. The van der Waals surface area contributed by atoms with E-state index in [4.69, 9.17) is 9.97 Å². The van der Waals surface area contributed by atoms with E-state index in [1.165, 1.54) is 25.5 Å². The van der Waals surface area contributed by atoms with Crippen molar-refractivity contribution in [2.45, 2.75) is 95.7 Å². The number of benzene rings is 1. The highest BCUT2D eigenvalue weighted by Crippen LogP contribution is 2.52. The number of hydrogen-bond acceptors (Lipinski definition) is 7. The van der Waals surface area contributed by atoms with Crippen LogP contribution in [0.4, 0.5) is 21.6 Å². The summed E-state index contributed by atoms with van der Waals surface area (Å²) in [5, 5.41) is 3.22. The molecule has 6 heterocycles. The zero-order chi connectivity index (χ0) is 33.9. The molecule has 3 aliphatic heterocycles. The Morgan fingerprint density at radius 1 is 1.04 bits per heavy atom. The highest BCUT2D eigenvalue weighted by Gasteiger charge is 2.55. The second-order valence-electron chi connectivity index (χ2n) is 14.5. The second kappa shape index (κ2) is 12.5. The summed E-state index contributed by atoms with van der Waals surface area (Å²) in [6, 6.07) is 10.7. The number of hydrogen-bond donors (Lipinski definition) is 1. The molecule has 2 saturated heterocycles. The summed E-state index contributed by atoms with van der Waals surface area (Å²) in [4.78, 5) is 47.6. The number of carbonyl (C=O) groups excluding carboxylic acids is 2. The molecule has 8 rings (SSSR count). The fourth-order valence-corrected chi connectivity index (χ4v) is 8.60. The number of carbonyl (C=O) groups is 2. The number of imidazole rings is 1. The van der Waals surface area contributed by atoms with E-state index in [9.17, 15) is 14.0 Å². The smallest absolute Gasteiger partial charge is 0.238 e. The number of piperidine rings is 2. The van der Waals surface area contributed by atoms with Crippen LogP contribution in [0.15, 0.2) is 49.1 Å². The van der Waals surface area contributed by atoms with Gasteiger partial charge in [0.25, 0.3) is 0 Å². The van der Waals surface area contributed by atoms with Crippen LogP contribution in [0, 0.1) is 5.82 Å². The minimum Gasteiger partial charge on any atom is -0.343 e. The van der Waals surface area contributed by atoms with Gasteiger partial charge in [-0.15, -0.1) is 0 Å². The first-order chi connectivity index (χ1) is 23.8. The molecule has 3 fully saturated rings. The van der Waals surface area contributed by atoms with Gasteiger partial charge in [-0.1, -0.05) is 25.5 Å². The number of pyridine rings is 2. The third kappa shape index (κ3) is 5.37. The van der Waals surface area contributed by atoms with E-state index < -0.39 is 11.2 Å². The highest BCUT2D eigenvalue weighted by atomic mass is 19.1. The molecule has 0 radical (unpaired) electrons. The number of nitrogens with one attached hydrogen (secondary N) is 1. The maximum atomic E-state index is 14.8. The summed E-state index contributed by atoms with van der Waals surface area (Å²) in [7, 11) is 0. The first-order valence-corrected chi connectivity index (χ1v) is 18.0. The molecule has 11 heteroatoms. The van der Waals surface area contributed by atoms with Crippen molar-refractivity contribution in [2.75, 3.05) is 36.4 Å². The average molecular weight is 665 g/mol. The summed E-state index contributed by atoms with van der Waals surface area (Å²) in [5.74, 6) is 0.365. The molecule has 3 aromatic heterocycles. The van der Waals surface area contributed by atoms with Crippen LogP contribution in [-0.2, 0) is 15.0 Å². The topological polar surface area (TPSA) is 99.5 Å². The Balaban J connectivity index is 1.19. The summed E-state index contributed by atoms with van der Waals surface area (Å²) in [6.45, 7) is 9.53. The van der Waals surface area contributed by atoms with Crippen LogP contribution in [0.3, 0.4) is 0 Å². The van der Waals surface area contributed by atoms with E-state index in [-0.39, 0.29) is 29.6 Å². The molecular weight excluding hydrogens is 619 g/mol. The predicted octanol–water partition coefficient (Wildman–Crippen LogP) is 6.59. The molecular formula is C38H45FN8O2. The summed E-state index contributed by atoms with van der Waals surface area (Å²) in [6.07, 6.45) is 12.0. The van der Waals surface area contributed by atoms with Gasteiger partial charge in [-0.05, 0) is 89.2 Å². The van der Waals surface area contributed by atoms with E-state index >= 15 is 0 Å². The lowest BCUT2D eigenvalue weighted by Crippen LogP contribution is -2.58. The standard InChI is InChI=1S/C38H45FN8O2/c1-4-34(48)45-16-11-38(12-17-45)28-9-8-25(18-33(28)47(37(38)49)27-19-26(20-27)44-14-6-5-7-15-44)31-21-32-35(46(23-41-32)24(2)3)36(43-31)42-30-10-13-40-22-29(30)39/h8-10,13,18,21-24,26-27H,4-7,11-12,14-17,19-20H2,1-3H3,(H,40,42,43). The van der Waals surface area contributed by atoms with Gasteiger partial charge >= 0.3 is 0 Å². The van der Waals surface area contributed by atoms with Gasteiger partial charge in [-0.3, -0.25) is 14.6 Å². The molecule has 49 heavy (non-hydrogen) atoms. The Labute approximate surface area is 286 Å². The predicted molar refractivity (Wildman–Crippen MR) is 188 cm³/mol. The van der Waals surface area contributed by atoms with Crippen LogP contribution >= 0.6 is 0 Å². The number of aromatic nitrogens is 4. The first kappa shape index (κ1) is 31.9. The molecule has 1 aliphatic carbocycles. The van der Waals surface area contributed by atoms with Crippen LogP contribution in [0.5, 0.6) is 0 Å². The van der Waals surface area contributed by atoms with Crippen molar-refractivity contribution in [3.8, 4) is 11.3 Å². The van der Waals surface area contributed by atoms with Crippen LogP contribution < -0.4 is 10.2 Å². The maximum Gasteiger partial charge on any atom is 0.238 e.